The van der Waals surface area contributed by atoms with E-state index in [1.165, 1.54) is 0 Å². The number of hydrogen-bond acceptors (Lipinski definition) is 3. The van der Waals surface area contributed by atoms with Gasteiger partial charge in [0.15, 0.2) is 0 Å². The number of aliphatic carboxylic acids is 1. The van der Waals surface area contributed by atoms with E-state index in [9.17, 15) is 13.2 Å². The molecule has 0 unspecified atom stereocenters. The summed E-state index contributed by atoms with van der Waals surface area (Å²) >= 11 is 0. The molecule has 3 N–H and O–H groups in total. The monoisotopic (exact) mass is 224 g/mol. The van der Waals surface area contributed by atoms with E-state index < -0.39 is 16.2 Å². The highest BCUT2D eigenvalue weighted by Gasteiger charge is 2.20. The SMILES string of the molecule is CC(C)N(CCCC(=O)O)S(N)(=O)=O. The van der Waals surface area contributed by atoms with Gasteiger partial charge < -0.3 is 5.11 Å². The lowest BCUT2D eigenvalue weighted by Crippen LogP contribution is -2.42. The van der Waals surface area contributed by atoms with Crippen molar-refractivity contribution in [2.45, 2.75) is 32.7 Å². The first-order valence-electron chi connectivity index (χ1n) is 4.26. The Balaban J connectivity index is 4.20. The van der Waals surface area contributed by atoms with Gasteiger partial charge in [0.2, 0.25) is 0 Å². The molecule has 0 spiro atoms. The lowest BCUT2D eigenvalue weighted by Gasteiger charge is -2.22. The van der Waals surface area contributed by atoms with Gasteiger partial charge in [-0.05, 0) is 20.3 Å². The van der Waals surface area contributed by atoms with Gasteiger partial charge in [0, 0.05) is 19.0 Å². The third kappa shape index (κ3) is 5.15. The van der Waals surface area contributed by atoms with Crippen molar-refractivity contribution in [3.8, 4) is 0 Å². The maximum atomic E-state index is 11.0. The molecule has 0 saturated carbocycles. The molecule has 84 valence electrons. The van der Waals surface area contributed by atoms with Crippen molar-refractivity contribution in [2.75, 3.05) is 6.54 Å². The van der Waals surface area contributed by atoms with Gasteiger partial charge in [-0.1, -0.05) is 0 Å². The molecular formula is C7H16N2O4S. The largest absolute Gasteiger partial charge is 0.481 e. The van der Waals surface area contributed by atoms with Crippen LogP contribution in [0.3, 0.4) is 0 Å². The second-order valence-corrected chi connectivity index (χ2v) is 4.75. The highest BCUT2D eigenvalue weighted by molar-refractivity contribution is 7.86. The minimum Gasteiger partial charge on any atom is -0.481 e. The Morgan fingerprint density at radius 3 is 2.29 bits per heavy atom. The van der Waals surface area contributed by atoms with Crippen molar-refractivity contribution in [2.24, 2.45) is 5.14 Å². The number of nitrogens with two attached hydrogens (primary N) is 1. The molecule has 0 aromatic heterocycles. The van der Waals surface area contributed by atoms with Crippen LogP contribution < -0.4 is 5.14 Å². The van der Waals surface area contributed by atoms with E-state index in [1.807, 2.05) is 0 Å². The Hall–Kier alpha value is -0.660. The van der Waals surface area contributed by atoms with Crippen molar-refractivity contribution < 1.29 is 18.3 Å². The molecule has 0 fully saturated rings. The number of nitrogens with zero attached hydrogens (tertiary/aromatic N) is 1. The zero-order chi connectivity index (χ0) is 11.4. The van der Waals surface area contributed by atoms with Crippen molar-refractivity contribution in [3.63, 3.8) is 0 Å². The van der Waals surface area contributed by atoms with Gasteiger partial charge in [-0.25, -0.2) is 5.14 Å². The predicted octanol–water partition coefficient (Wildman–Crippen LogP) is -0.235. The van der Waals surface area contributed by atoms with Gasteiger partial charge in [0.1, 0.15) is 0 Å². The van der Waals surface area contributed by atoms with Crippen LogP contribution in [0.4, 0.5) is 0 Å². The normalized spacial score (nSPS) is 12.4. The average molecular weight is 224 g/mol. The van der Waals surface area contributed by atoms with E-state index in [0.717, 1.165) is 4.31 Å². The second-order valence-electron chi connectivity index (χ2n) is 3.25. The summed E-state index contributed by atoms with van der Waals surface area (Å²) in [5.74, 6) is -0.942. The molecule has 14 heavy (non-hydrogen) atoms. The number of rotatable bonds is 6. The summed E-state index contributed by atoms with van der Waals surface area (Å²) < 4.78 is 23.1. The lowest BCUT2D eigenvalue weighted by atomic mass is 10.3. The van der Waals surface area contributed by atoms with Crippen molar-refractivity contribution >= 4 is 16.2 Å². The molecule has 0 aromatic carbocycles. The molecule has 0 aliphatic heterocycles. The van der Waals surface area contributed by atoms with Gasteiger partial charge >= 0.3 is 5.97 Å². The molecular weight excluding hydrogens is 208 g/mol. The fraction of sp³-hybridized carbons (Fsp3) is 0.857. The van der Waals surface area contributed by atoms with Crippen LogP contribution >= 0.6 is 0 Å². The van der Waals surface area contributed by atoms with Crippen molar-refractivity contribution in [3.05, 3.63) is 0 Å². The maximum Gasteiger partial charge on any atom is 0.303 e. The summed E-state index contributed by atoms with van der Waals surface area (Å²) in [5.41, 5.74) is 0. The van der Waals surface area contributed by atoms with Crippen LogP contribution in [0.1, 0.15) is 26.7 Å². The molecule has 0 aliphatic rings. The smallest absolute Gasteiger partial charge is 0.303 e. The Labute approximate surface area is 83.9 Å². The van der Waals surface area contributed by atoms with Gasteiger partial charge in [-0.2, -0.15) is 12.7 Å². The third-order valence-electron chi connectivity index (χ3n) is 1.67. The molecule has 7 heteroatoms. The molecule has 0 radical (unpaired) electrons. The molecule has 0 heterocycles. The number of carboxylic acids is 1. The van der Waals surface area contributed by atoms with Crippen molar-refractivity contribution in [1.82, 2.24) is 4.31 Å². The summed E-state index contributed by atoms with van der Waals surface area (Å²) in [7, 11) is -3.72. The quantitative estimate of drug-likeness (QED) is 0.650. The van der Waals surface area contributed by atoms with E-state index in [2.05, 4.69) is 0 Å². The van der Waals surface area contributed by atoms with E-state index in [1.54, 1.807) is 13.8 Å². The Morgan fingerprint density at radius 2 is 2.00 bits per heavy atom. The molecule has 6 nitrogen and oxygen atoms in total. The molecule has 0 saturated heterocycles. The summed E-state index contributed by atoms with van der Waals surface area (Å²) in [6.07, 6.45) is 0.211. The topological polar surface area (TPSA) is 101 Å². The van der Waals surface area contributed by atoms with Gasteiger partial charge in [-0.15, -0.1) is 0 Å². The first kappa shape index (κ1) is 13.3. The minimum atomic E-state index is -3.72. The van der Waals surface area contributed by atoms with E-state index in [4.69, 9.17) is 10.2 Å². The van der Waals surface area contributed by atoms with Gasteiger partial charge in [0.05, 0.1) is 0 Å². The summed E-state index contributed by atoms with van der Waals surface area (Å²) in [4.78, 5) is 10.2. The van der Waals surface area contributed by atoms with Gasteiger partial charge in [0.25, 0.3) is 10.2 Å². The first-order valence-corrected chi connectivity index (χ1v) is 5.77. The highest BCUT2D eigenvalue weighted by Crippen LogP contribution is 2.05. The average Bonchev–Trinajstić information content (AvgIpc) is 1.94. The van der Waals surface area contributed by atoms with Crippen molar-refractivity contribution in [1.29, 1.82) is 0 Å². The second kappa shape index (κ2) is 5.28. The molecule has 0 atom stereocenters. The third-order valence-corrected chi connectivity index (χ3v) is 2.93. The number of carboxylic acid groups (broad SMARTS) is 1. The van der Waals surface area contributed by atoms with E-state index in [0.29, 0.717) is 0 Å². The minimum absolute atomic E-state index is 0.0568. The number of carbonyl (C=O) groups is 1. The van der Waals surface area contributed by atoms with Crippen LogP contribution in [0, 0.1) is 0 Å². The van der Waals surface area contributed by atoms with Crippen LogP contribution in [0.15, 0.2) is 0 Å². The fourth-order valence-corrected chi connectivity index (χ4v) is 2.04. The molecule has 0 rings (SSSR count). The molecule has 0 aromatic rings. The van der Waals surface area contributed by atoms with Crippen LogP contribution in [-0.2, 0) is 15.0 Å². The zero-order valence-electron chi connectivity index (χ0n) is 8.30. The van der Waals surface area contributed by atoms with Crippen LogP contribution in [-0.4, -0.2) is 36.4 Å². The lowest BCUT2D eigenvalue weighted by molar-refractivity contribution is -0.137. The Kier molecular flexibility index (Phi) is 5.03. The summed E-state index contributed by atoms with van der Waals surface area (Å²) in [6.45, 7) is 3.51. The zero-order valence-corrected chi connectivity index (χ0v) is 9.12. The highest BCUT2D eigenvalue weighted by atomic mass is 32.2. The Morgan fingerprint density at radius 1 is 1.50 bits per heavy atom. The first-order chi connectivity index (χ1) is 6.25. The fourth-order valence-electron chi connectivity index (χ4n) is 1.07. The van der Waals surface area contributed by atoms with Gasteiger partial charge in [-0.3, -0.25) is 4.79 Å². The molecule has 0 aliphatic carbocycles. The maximum absolute atomic E-state index is 11.0. The standard InChI is InChI=1S/C7H16N2O4S/c1-6(2)9(14(8,12)13)5-3-4-7(10)11/h6H,3-5H2,1-2H3,(H,10,11)(H2,8,12,13). The Bertz CT molecular complexity index is 286. The van der Waals surface area contributed by atoms with Crippen LogP contribution in [0.5, 0.6) is 0 Å². The number of hydrogen-bond donors (Lipinski definition) is 2. The van der Waals surface area contributed by atoms with Crippen LogP contribution in [0.2, 0.25) is 0 Å². The van der Waals surface area contributed by atoms with E-state index in [-0.39, 0.29) is 25.4 Å². The predicted molar refractivity (Wildman–Crippen MR) is 51.8 cm³/mol. The summed E-state index contributed by atoms with van der Waals surface area (Å²) in [5, 5.41) is 13.3. The summed E-state index contributed by atoms with van der Waals surface area (Å²) in [6, 6.07) is -0.251. The van der Waals surface area contributed by atoms with E-state index >= 15 is 0 Å². The molecule has 0 bridgehead atoms. The van der Waals surface area contributed by atoms with Crippen LogP contribution in [0.25, 0.3) is 0 Å². The molecule has 0 amide bonds.